The lowest BCUT2D eigenvalue weighted by atomic mass is 10.2. The molecule has 1 heterocycles. The minimum absolute atomic E-state index is 0.113. The molecule has 1 fully saturated rings. The van der Waals surface area contributed by atoms with E-state index in [1.54, 1.807) is 4.90 Å². The van der Waals surface area contributed by atoms with E-state index < -0.39 is 11.3 Å². The molecule has 1 atom stereocenters. The van der Waals surface area contributed by atoms with Gasteiger partial charge in [-0.25, -0.2) is 4.79 Å². The summed E-state index contributed by atoms with van der Waals surface area (Å²) < 4.78 is 11.1. The van der Waals surface area contributed by atoms with Crippen LogP contribution < -0.4 is 0 Å². The molecule has 0 N–H and O–H groups in total. The van der Waals surface area contributed by atoms with Gasteiger partial charge in [-0.05, 0) is 41.0 Å². The molecule has 0 bridgehead atoms. The summed E-state index contributed by atoms with van der Waals surface area (Å²) in [5.41, 5.74) is -1.03. The molecule has 1 aliphatic heterocycles. The van der Waals surface area contributed by atoms with Crippen LogP contribution in [0, 0.1) is 0 Å². The molecule has 0 aromatic carbocycles. The lowest BCUT2D eigenvalue weighted by molar-refractivity contribution is -0.0784. The van der Waals surface area contributed by atoms with Gasteiger partial charge in [0.1, 0.15) is 11.3 Å². The molecular formula is C12H23NO3. The number of hydrogen-bond acceptors (Lipinski definition) is 3. The lowest BCUT2D eigenvalue weighted by Gasteiger charge is -2.31. The molecule has 0 aromatic heterocycles. The Hall–Kier alpha value is -0.770. The number of carbonyl (C=O) groups is 1. The summed E-state index contributed by atoms with van der Waals surface area (Å²) in [6.45, 7) is 12.1. The van der Waals surface area contributed by atoms with E-state index in [0.29, 0.717) is 6.54 Å². The van der Waals surface area contributed by atoms with Crippen LogP contribution in [-0.2, 0) is 9.47 Å². The van der Waals surface area contributed by atoms with Crippen molar-refractivity contribution in [2.24, 2.45) is 0 Å². The average molecular weight is 229 g/mol. The van der Waals surface area contributed by atoms with Gasteiger partial charge in [-0.15, -0.1) is 0 Å². The number of ether oxygens (including phenoxy) is 2. The van der Waals surface area contributed by atoms with Crippen molar-refractivity contribution < 1.29 is 14.3 Å². The minimum Gasteiger partial charge on any atom is -0.444 e. The molecule has 4 nitrogen and oxygen atoms in total. The summed E-state index contributed by atoms with van der Waals surface area (Å²) in [6.07, 6.45) is 0.721. The molecule has 94 valence electrons. The van der Waals surface area contributed by atoms with Crippen LogP contribution in [0.1, 0.15) is 48.0 Å². The highest BCUT2D eigenvalue weighted by Gasteiger charge is 2.43. The van der Waals surface area contributed by atoms with Crippen molar-refractivity contribution in [1.29, 1.82) is 0 Å². The zero-order valence-corrected chi connectivity index (χ0v) is 11.2. The Balaban J connectivity index is 2.69. The van der Waals surface area contributed by atoms with Gasteiger partial charge in [-0.1, -0.05) is 6.92 Å². The van der Waals surface area contributed by atoms with Crippen molar-refractivity contribution in [2.45, 2.75) is 65.4 Å². The SMILES string of the molecule is CCC1CN(C(=O)OC(C)(C)C)C(C)(C)O1. The van der Waals surface area contributed by atoms with Crippen LogP contribution in [-0.4, -0.2) is 35.0 Å². The second-order valence-corrected chi connectivity index (χ2v) is 5.69. The maximum Gasteiger partial charge on any atom is 0.412 e. The van der Waals surface area contributed by atoms with Crippen LogP contribution in [0.3, 0.4) is 0 Å². The van der Waals surface area contributed by atoms with Crippen LogP contribution in [0.2, 0.25) is 0 Å². The Labute approximate surface area is 97.9 Å². The molecule has 1 saturated heterocycles. The monoisotopic (exact) mass is 229 g/mol. The van der Waals surface area contributed by atoms with Gasteiger partial charge in [0.2, 0.25) is 0 Å². The van der Waals surface area contributed by atoms with Crippen molar-refractivity contribution in [1.82, 2.24) is 4.90 Å². The average Bonchev–Trinajstić information content (AvgIpc) is 2.37. The van der Waals surface area contributed by atoms with E-state index in [9.17, 15) is 4.79 Å². The highest BCUT2D eigenvalue weighted by Crippen LogP contribution is 2.29. The zero-order valence-electron chi connectivity index (χ0n) is 11.2. The maximum atomic E-state index is 12.0. The molecule has 0 radical (unpaired) electrons. The standard InChI is InChI=1S/C12H23NO3/c1-7-9-8-13(12(5,6)15-9)10(14)16-11(2,3)4/h9H,7-8H2,1-6H3. The molecule has 1 aliphatic rings. The minimum atomic E-state index is -0.566. The first-order valence-corrected chi connectivity index (χ1v) is 5.84. The van der Waals surface area contributed by atoms with E-state index in [4.69, 9.17) is 9.47 Å². The molecular weight excluding hydrogens is 206 g/mol. The fourth-order valence-corrected chi connectivity index (χ4v) is 1.76. The first kappa shape index (κ1) is 13.3. The molecule has 1 rings (SSSR count). The number of rotatable bonds is 1. The van der Waals surface area contributed by atoms with Gasteiger partial charge in [0.25, 0.3) is 0 Å². The summed E-state index contributed by atoms with van der Waals surface area (Å²) in [6, 6.07) is 0. The summed E-state index contributed by atoms with van der Waals surface area (Å²) in [5, 5.41) is 0. The highest BCUT2D eigenvalue weighted by atomic mass is 16.6. The molecule has 0 aliphatic carbocycles. The van der Waals surface area contributed by atoms with E-state index in [-0.39, 0.29) is 12.2 Å². The normalized spacial score (nSPS) is 24.6. The summed E-state index contributed by atoms with van der Waals surface area (Å²) in [4.78, 5) is 13.6. The van der Waals surface area contributed by atoms with Crippen molar-refractivity contribution >= 4 is 6.09 Å². The Bertz CT molecular complexity index is 268. The van der Waals surface area contributed by atoms with Crippen LogP contribution in [0.25, 0.3) is 0 Å². The molecule has 0 saturated carbocycles. The summed E-state index contributed by atoms with van der Waals surface area (Å²) in [5.74, 6) is 0. The number of carbonyl (C=O) groups excluding carboxylic acids is 1. The number of nitrogens with zero attached hydrogens (tertiary/aromatic N) is 1. The quantitative estimate of drug-likeness (QED) is 0.694. The van der Waals surface area contributed by atoms with E-state index in [0.717, 1.165) is 6.42 Å². The van der Waals surface area contributed by atoms with E-state index in [2.05, 4.69) is 6.92 Å². The van der Waals surface area contributed by atoms with Crippen LogP contribution >= 0.6 is 0 Å². The van der Waals surface area contributed by atoms with Gasteiger partial charge in [0.05, 0.1) is 12.6 Å². The van der Waals surface area contributed by atoms with Gasteiger partial charge >= 0.3 is 6.09 Å². The first-order chi connectivity index (χ1) is 7.15. The molecule has 0 aromatic rings. The molecule has 1 unspecified atom stereocenters. The number of hydrogen-bond donors (Lipinski definition) is 0. The predicted octanol–water partition coefficient (Wildman–Crippen LogP) is 2.77. The van der Waals surface area contributed by atoms with Crippen molar-refractivity contribution in [3.63, 3.8) is 0 Å². The Kier molecular flexibility index (Phi) is 3.53. The Morgan fingerprint density at radius 3 is 2.44 bits per heavy atom. The zero-order chi connectivity index (χ0) is 12.6. The van der Waals surface area contributed by atoms with Crippen molar-refractivity contribution in [3.8, 4) is 0 Å². The molecule has 4 heteroatoms. The lowest BCUT2D eigenvalue weighted by Crippen LogP contribution is -2.46. The van der Waals surface area contributed by atoms with Gasteiger partial charge in [-0.2, -0.15) is 0 Å². The van der Waals surface area contributed by atoms with Gasteiger partial charge in [-0.3, -0.25) is 4.90 Å². The van der Waals surface area contributed by atoms with Crippen LogP contribution in [0.5, 0.6) is 0 Å². The Morgan fingerprint density at radius 1 is 1.50 bits per heavy atom. The second-order valence-electron chi connectivity index (χ2n) is 5.69. The highest BCUT2D eigenvalue weighted by molar-refractivity contribution is 5.69. The van der Waals surface area contributed by atoms with E-state index in [1.165, 1.54) is 0 Å². The smallest absolute Gasteiger partial charge is 0.412 e. The molecule has 16 heavy (non-hydrogen) atoms. The third-order valence-corrected chi connectivity index (χ3v) is 2.56. The van der Waals surface area contributed by atoms with Crippen LogP contribution in [0.4, 0.5) is 4.79 Å². The fourth-order valence-electron chi connectivity index (χ4n) is 1.76. The second kappa shape index (κ2) is 4.24. The largest absolute Gasteiger partial charge is 0.444 e. The molecule has 1 amide bonds. The Morgan fingerprint density at radius 2 is 2.06 bits per heavy atom. The van der Waals surface area contributed by atoms with Gasteiger partial charge < -0.3 is 9.47 Å². The third-order valence-electron chi connectivity index (χ3n) is 2.56. The third kappa shape index (κ3) is 3.11. The van der Waals surface area contributed by atoms with Crippen molar-refractivity contribution in [2.75, 3.05) is 6.54 Å². The topological polar surface area (TPSA) is 38.8 Å². The van der Waals surface area contributed by atoms with E-state index >= 15 is 0 Å². The van der Waals surface area contributed by atoms with Crippen molar-refractivity contribution in [3.05, 3.63) is 0 Å². The maximum absolute atomic E-state index is 12.0. The predicted molar refractivity (Wildman–Crippen MR) is 62.2 cm³/mol. The number of amides is 1. The summed E-state index contributed by atoms with van der Waals surface area (Å²) >= 11 is 0. The molecule has 0 spiro atoms. The first-order valence-electron chi connectivity index (χ1n) is 5.84. The van der Waals surface area contributed by atoms with Gasteiger partial charge in [0.15, 0.2) is 0 Å². The fraction of sp³-hybridized carbons (Fsp3) is 0.917. The summed E-state index contributed by atoms with van der Waals surface area (Å²) in [7, 11) is 0. The van der Waals surface area contributed by atoms with Gasteiger partial charge in [0, 0.05) is 0 Å². The van der Waals surface area contributed by atoms with E-state index in [1.807, 2.05) is 34.6 Å². The van der Waals surface area contributed by atoms with Crippen LogP contribution in [0.15, 0.2) is 0 Å².